The van der Waals surface area contributed by atoms with Gasteiger partial charge in [0.15, 0.2) is 0 Å². The Hall–Kier alpha value is -0.650. The van der Waals surface area contributed by atoms with Gasteiger partial charge in [-0.2, -0.15) is 0 Å². The van der Waals surface area contributed by atoms with Crippen LogP contribution in [0.1, 0.15) is 34.1 Å². The van der Waals surface area contributed by atoms with Gasteiger partial charge in [-0.1, -0.05) is 13.8 Å². The van der Waals surface area contributed by atoms with E-state index in [0.29, 0.717) is 19.2 Å². The van der Waals surface area contributed by atoms with Crippen LogP contribution >= 0.6 is 0 Å². The van der Waals surface area contributed by atoms with E-state index < -0.39 is 0 Å². The molecule has 1 rings (SSSR count). The Bertz CT molecular complexity index is 284. The fourth-order valence-corrected chi connectivity index (χ4v) is 2.56. The maximum atomic E-state index is 12.0. The molecular formula is C14H28N2O3. The Morgan fingerprint density at radius 2 is 2.21 bits per heavy atom. The topological polar surface area (TPSA) is 50.8 Å². The van der Waals surface area contributed by atoms with Gasteiger partial charge in [-0.25, -0.2) is 0 Å². The normalized spacial score (nSPS) is 25.0. The Balaban J connectivity index is 2.57. The van der Waals surface area contributed by atoms with Crippen molar-refractivity contribution in [3.63, 3.8) is 0 Å². The molecular weight excluding hydrogens is 244 g/mol. The molecule has 0 aromatic heterocycles. The number of carbonyl (C=O) groups is 1. The van der Waals surface area contributed by atoms with Gasteiger partial charge in [0, 0.05) is 25.2 Å². The highest BCUT2D eigenvalue weighted by Crippen LogP contribution is 2.18. The molecule has 0 radical (unpaired) electrons. The van der Waals surface area contributed by atoms with Crippen molar-refractivity contribution in [2.45, 2.75) is 58.3 Å². The Kier molecular flexibility index (Phi) is 6.75. The summed E-state index contributed by atoms with van der Waals surface area (Å²) in [6.07, 6.45) is 1.25. The SMILES string of the molecule is CCOC(=O)C(CN(C)C1CCOC1C)NC(C)C. The van der Waals surface area contributed by atoms with Crippen LogP contribution in [0.2, 0.25) is 0 Å². The molecule has 0 amide bonds. The van der Waals surface area contributed by atoms with Crippen molar-refractivity contribution < 1.29 is 14.3 Å². The van der Waals surface area contributed by atoms with Crippen molar-refractivity contribution in [1.29, 1.82) is 0 Å². The van der Waals surface area contributed by atoms with Crippen molar-refractivity contribution >= 4 is 5.97 Å². The summed E-state index contributed by atoms with van der Waals surface area (Å²) in [4.78, 5) is 14.2. The number of nitrogens with one attached hydrogen (secondary N) is 1. The number of ether oxygens (including phenoxy) is 2. The fraction of sp³-hybridized carbons (Fsp3) is 0.929. The number of rotatable bonds is 7. The average molecular weight is 272 g/mol. The molecule has 3 atom stereocenters. The lowest BCUT2D eigenvalue weighted by Gasteiger charge is -2.30. The molecule has 1 aliphatic rings. The summed E-state index contributed by atoms with van der Waals surface area (Å²) in [7, 11) is 2.05. The third kappa shape index (κ3) is 5.09. The molecule has 1 fully saturated rings. The summed E-state index contributed by atoms with van der Waals surface area (Å²) >= 11 is 0. The minimum atomic E-state index is -0.280. The molecule has 1 N–H and O–H groups in total. The number of hydrogen-bond acceptors (Lipinski definition) is 5. The van der Waals surface area contributed by atoms with Crippen molar-refractivity contribution in [3.05, 3.63) is 0 Å². The zero-order chi connectivity index (χ0) is 14.4. The summed E-state index contributed by atoms with van der Waals surface area (Å²) < 4.78 is 10.7. The average Bonchev–Trinajstić information content (AvgIpc) is 2.74. The van der Waals surface area contributed by atoms with E-state index in [1.54, 1.807) is 0 Å². The molecule has 3 unspecified atom stereocenters. The van der Waals surface area contributed by atoms with Gasteiger partial charge in [0.2, 0.25) is 0 Å². The van der Waals surface area contributed by atoms with E-state index in [4.69, 9.17) is 9.47 Å². The van der Waals surface area contributed by atoms with Crippen LogP contribution in [0.3, 0.4) is 0 Å². The first-order valence-corrected chi connectivity index (χ1v) is 7.20. The van der Waals surface area contributed by atoms with Crippen molar-refractivity contribution in [2.75, 3.05) is 26.8 Å². The number of hydrogen-bond donors (Lipinski definition) is 1. The Morgan fingerprint density at radius 1 is 1.53 bits per heavy atom. The maximum Gasteiger partial charge on any atom is 0.324 e. The first-order valence-electron chi connectivity index (χ1n) is 7.20. The monoisotopic (exact) mass is 272 g/mol. The van der Waals surface area contributed by atoms with E-state index in [0.717, 1.165) is 13.0 Å². The quantitative estimate of drug-likeness (QED) is 0.701. The van der Waals surface area contributed by atoms with Crippen LogP contribution in [0.15, 0.2) is 0 Å². The summed E-state index contributed by atoms with van der Waals surface area (Å²) in [6.45, 7) is 9.86. The van der Waals surface area contributed by atoms with Gasteiger partial charge in [0.1, 0.15) is 6.04 Å². The van der Waals surface area contributed by atoms with Gasteiger partial charge in [0.05, 0.1) is 12.7 Å². The van der Waals surface area contributed by atoms with Gasteiger partial charge in [-0.3, -0.25) is 9.69 Å². The highest BCUT2D eigenvalue weighted by molar-refractivity contribution is 5.76. The number of carbonyl (C=O) groups excluding carboxylic acids is 1. The van der Waals surface area contributed by atoms with E-state index >= 15 is 0 Å². The zero-order valence-electron chi connectivity index (χ0n) is 12.8. The van der Waals surface area contributed by atoms with Gasteiger partial charge in [-0.05, 0) is 27.3 Å². The fourth-order valence-electron chi connectivity index (χ4n) is 2.56. The van der Waals surface area contributed by atoms with E-state index in [1.165, 1.54) is 0 Å². The smallest absolute Gasteiger partial charge is 0.324 e. The molecule has 1 saturated heterocycles. The van der Waals surface area contributed by atoms with Crippen molar-refractivity contribution in [3.8, 4) is 0 Å². The van der Waals surface area contributed by atoms with Crippen LogP contribution in [0, 0.1) is 0 Å². The van der Waals surface area contributed by atoms with Crippen LogP contribution < -0.4 is 5.32 Å². The van der Waals surface area contributed by atoms with Crippen LogP contribution in [0.25, 0.3) is 0 Å². The van der Waals surface area contributed by atoms with E-state index in [9.17, 15) is 4.79 Å². The number of esters is 1. The Morgan fingerprint density at radius 3 is 2.68 bits per heavy atom. The molecule has 1 heterocycles. The van der Waals surface area contributed by atoms with E-state index in [-0.39, 0.29) is 24.2 Å². The highest BCUT2D eigenvalue weighted by atomic mass is 16.5. The second-order valence-corrected chi connectivity index (χ2v) is 5.50. The molecule has 0 aliphatic carbocycles. The lowest BCUT2D eigenvalue weighted by molar-refractivity contribution is -0.146. The van der Waals surface area contributed by atoms with Crippen LogP contribution in [-0.4, -0.2) is 61.9 Å². The molecule has 0 aromatic rings. The molecule has 1 aliphatic heterocycles. The third-order valence-corrected chi connectivity index (χ3v) is 3.48. The molecule has 19 heavy (non-hydrogen) atoms. The highest BCUT2D eigenvalue weighted by Gasteiger charge is 2.31. The van der Waals surface area contributed by atoms with Gasteiger partial charge in [-0.15, -0.1) is 0 Å². The molecule has 0 saturated carbocycles. The predicted octanol–water partition coefficient (Wildman–Crippen LogP) is 1.03. The molecule has 0 aromatic carbocycles. The van der Waals surface area contributed by atoms with Gasteiger partial charge in [0.25, 0.3) is 0 Å². The second kappa shape index (κ2) is 7.82. The number of likely N-dealkylation sites (N-methyl/N-ethyl adjacent to an activating group) is 1. The summed E-state index contributed by atoms with van der Waals surface area (Å²) in [5.41, 5.74) is 0. The van der Waals surface area contributed by atoms with Gasteiger partial charge >= 0.3 is 5.97 Å². The minimum absolute atomic E-state index is 0.172. The van der Waals surface area contributed by atoms with E-state index in [1.807, 2.05) is 27.8 Å². The molecule has 0 bridgehead atoms. The number of nitrogens with zero attached hydrogens (tertiary/aromatic N) is 1. The van der Waals surface area contributed by atoms with Crippen molar-refractivity contribution in [2.24, 2.45) is 0 Å². The predicted molar refractivity (Wildman–Crippen MR) is 75.1 cm³/mol. The Labute approximate surface area is 116 Å². The summed E-state index contributed by atoms with van der Waals surface area (Å²) in [6, 6.07) is 0.351. The summed E-state index contributed by atoms with van der Waals surface area (Å²) in [5.74, 6) is -0.172. The van der Waals surface area contributed by atoms with Crippen molar-refractivity contribution in [1.82, 2.24) is 10.2 Å². The second-order valence-electron chi connectivity index (χ2n) is 5.50. The van der Waals surface area contributed by atoms with Crippen LogP contribution in [0.4, 0.5) is 0 Å². The molecule has 112 valence electrons. The minimum Gasteiger partial charge on any atom is -0.465 e. The third-order valence-electron chi connectivity index (χ3n) is 3.48. The van der Waals surface area contributed by atoms with Crippen LogP contribution in [-0.2, 0) is 14.3 Å². The van der Waals surface area contributed by atoms with Gasteiger partial charge < -0.3 is 14.8 Å². The lowest BCUT2D eigenvalue weighted by Crippen LogP contribution is -2.51. The first-order chi connectivity index (χ1) is 8.95. The van der Waals surface area contributed by atoms with Crippen LogP contribution in [0.5, 0.6) is 0 Å². The molecule has 5 heteroatoms. The molecule has 5 nitrogen and oxygen atoms in total. The largest absolute Gasteiger partial charge is 0.465 e. The lowest BCUT2D eigenvalue weighted by atomic mass is 10.1. The molecule has 0 spiro atoms. The first kappa shape index (κ1) is 16.4. The summed E-state index contributed by atoms with van der Waals surface area (Å²) in [5, 5.41) is 3.28. The zero-order valence-corrected chi connectivity index (χ0v) is 12.8. The van der Waals surface area contributed by atoms with E-state index in [2.05, 4.69) is 17.1 Å². The standard InChI is InChI=1S/C14H28N2O3/c1-6-18-14(17)12(15-10(2)3)9-16(5)13-7-8-19-11(13)4/h10-13,15H,6-9H2,1-5H3. The maximum absolute atomic E-state index is 12.0.